The SMILES string of the molecule is CS(=O)(=O)c1cccc(-n2cc(I)cn2)c1N. The van der Waals surface area contributed by atoms with Crippen LogP contribution in [0.2, 0.25) is 0 Å². The first-order chi connectivity index (χ1) is 7.89. The van der Waals surface area contributed by atoms with Gasteiger partial charge in [-0.25, -0.2) is 13.1 Å². The first-order valence-corrected chi connectivity index (χ1v) is 7.65. The molecule has 2 aromatic rings. The van der Waals surface area contributed by atoms with Crippen molar-refractivity contribution in [1.29, 1.82) is 0 Å². The number of hydrogen-bond donors (Lipinski definition) is 1. The molecular weight excluding hydrogens is 353 g/mol. The minimum absolute atomic E-state index is 0.125. The molecule has 0 aliphatic carbocycles. The Labute approximate surface area is 113 Å². The summed E-state index contributed by atoms with van der Waals surface area (Å²) in [5, 5.41) is 4.10. The standard InChI is InChI=1S/C10H10IN3O2S/c1-17(15,16)9-4-2-3-8(10(9)12)14-6-7(11)5-13-14/h2-6H,12H2,1H3. The zero-order valence-corrected chi connectivity index (χ0v) is 11.9. The summed E-state index contributed by atoms with van der Waals surface area (Å²) < 4.78 is 25.6. The van der Waals surface area contributed by atoms with E-state index < -0.39 is 9.84 Å². The van der Waals surface area contributed by atoms with E-state index in [1.54, 1.807) is 29.2 Å². The second kappa shape index (κ2) is 4.30. The third-order valence-electron chi connectivity index (χ3n) is 2.24. The molecule has 17 heavy (non-hydrogen) atoms. The fourth-order valence-electron chi connectivity index (χ4n) is 1.49. The summed E-state index contributed by atoms with van der Waals surface area (Å²) >= 11 is 2.12. The average molecular weight is 363 g/mol. The van der Waals surface area contributed by atoms with Crippen LogP contribution in [-0.2, 0) is 9.84 Å². The molecule has 0 radical (unpaired) electrons. The number of benzene rings is 1. The van der Waals surface area contributed by atoms with Crippen molar-refractivity contribution in [2.75, 3.05) is 12.0 Å². The van der Waals surface area contributed by atoms with Crippen LogP contribution in [0.5, 0.6) is 0 Å². The van der Waals surface area contributed by atoms with Crippen LogP contribution in [0.4, 0.5) is 5.69 Å². The van der Waals surface area contributed by atoms with Gasteiger partial charge in [-0.1, -0.05) is 6.07 Å². The highest BCUT2D eigenvalue weighted by Crippen LogP contribution is 2.25. The maximum absolute atomic E-state index is 11.5. The van der Waals surface area contributed by atoms with Gasteiger partial charge in [-0.05, 0) is 34.7 Å². The van der Waals surface area contributed by atoms with E-state index >= 15 is 0 Å². The molecule has 0 aliphatic rings. The van der Waals surface area contributed by atoms with E-state index in [1.165, 1.54) is 6.07 Å². The molecule has 0 spiro atoms. The third kappa shape index (κ3) is 2.44. The van der Waals surface area contributed by atoms with Gasteiger partial charge in [0.1, 0.15) is 0 Å². The predicted molar refractivity (Wildman–Crippen MR) is 73.8 cm³/mol. The maximum Gasteiger partial charge on any atom is 0.177 e. The lowest BCUT2D eigenvalue weighted by Crippen LogP contribution is -2.07. The Balaban J connectivity index is 2.65. The number of halogens is 1. The number of hydrogen-bond acceptors (Lipinski definition) is 4. The largest absolute Gasteiger partial charge is 0.396 e. The number of para-hydroxylation sites is 1. The smallest absolute Gasteiger partial charge is 0.177 e. The van der Waals surface area contributed by atoms with Crippen molar-refractivity contribution in [1.82, 2.24) is 9.78 Å². The fraction of sp³-hybridized carbons (Fsp3) is 0.100. The van der Waals surface area contributed by atoms with Crippen LogP contribution in [-0.4, -0.2) is 24.5 Å². The Morgan fingerprint density at radius 2 is 2.12 bits per heavy atom. The Bertz CT molecular complexity index is 664. The van der Waals surface area contributed by atoms with Gasteiger partial charge in [0.25, 0.3) is 0 Å². The van der Waals surface area contributed by atoms with Crippen LogP contribution >= 0.6 is 22.6 Å². The number of sulfone groups is 1. The molecule has 0 unspecified atom stereocenters. The summed E-state index contributed by atoms with van der Waals surface area (Å²) in [5.41, 5.74) is 6.65. The lowest BCUT2D eigenvalue weighted by Gasteiger charge is -2.09. The van der Waals surface area contributed by atoms with E-state index in [2.05, 4.69) is 27.7 Å². The summed E-state index contributed by atoms with van der Waals surface area (Å²) in [6.07, 6.45) is 4.58. The highest BCUT2D eigenvalue weighted by Gasteiger charge is 2.15. The molecule has 1 aromatic heterocycles. The Kier molecular flexibility index (Phi) is 3.13. The summed E-state index contributed by atoms with van der Waals surface area (Å²) in [4.78, 5) is 0.125. The van der Waals surface area contributed by atoms with Crippen LogP contribution in [0.3, 0.4) is 0 Å². The van der Waals surface area contributed by atoms with Crippen molar-refractivity contribution in [3.8, 4) is 5.69 Å². The molecule has 90 valence electrons. The molecule has 7 heteroatoms. The van der Waals surface area contributed by atoms with Crippen LogP contribution in [0, 0.1) is 3.57 Å². The summed E-state index contributed by atoms with van der Waals surface area (Å²) in [5.74, 6) is 0. The zero-order chi connectivity index (χ0) is 12.6. The van der Waals surface area contributed by atoms with Crippen molar-refractivity contribution < 1.29 is 8.42 Å². The minimum atomic E-state index is -3.33. The van der Waals surface area contributed by atoms with Gasteiger partial charge in [-0.2, -0.15) is 5.10 Å². The highest BCUT2D eigenvalue weighted by molar-refractivity contribution is 14.1. The number of aromatic nitrogens is 2. The molecular formula is C10H10IN3O2S. The first-order valence-electron chi connectivity index (χ1n) is 4.68. The molecule has 5 nitrogen and oxygen atoms in total. The van der Waals surface area contributed by atoms with Crippen molar-refractivity contribution >= 4 is 38.1 Å². The van der Waals surface area contributed by atoms with Gasteiger partial charge in [-0.15, -0.1) is 0 Å². The van der Waals surface area contributed by atoms with Gasteiger partial charge in [0.2, 0.25) is 0 Å². The van der Waals surface area contributed by atoms with Crippen LogP contribution in [0.15, 0.2) is 35.5 Å². The van der Waals surface area contributed by atoms with E-state index in [4.69, 9.17) is 5.73 Å². The molecule has 2 rings (SSSR count). The van der Waals surface area contributed by atoms with Gasteiger partial charge < -0.3 is 5.73 Å². The van der Waals surface area contributed by atoms with Gasteiger partial charge in [-0.3, -0.25) is 0 Å². The second-order valence-electron chi connectivity index (χ2n) is 3.56. The monoisotopic (exact) mass is 363 g/mol. The molecule has 0 bridgehead atoms. The first kappa shape index (κ1) is 12.4. The molecule has 0 saturated carbocycles. The number of anilines is 1. The maximum atomic E-state index is 11.5. The second-order valence-corrected chi connectivity index (χ2v) is 6.79. The number of nitrogen functional groups attached to an aromatic ring is 1. The van der Waals surface area contributed by atoms with E-state index in [0.717, 1.165) is 9.83 Å². The Morgan fingerprint density at radius 1 is 1.41 bits per heavy atom. The molecule has 0 amide bonds. The summed E-state index contributed by atoms with van der Waals surface area (Å²) in [6, 6.07) is 4.87. The zero-order valence-electron chi connectivity index (χ0n) is 8.96. The average Bonchev–Trinajstić information content (AvgIpc) is 2.63. The molecule has 0 aliphatic heterocycles. The minimum Gasteiger partial charge on any atom is -0.396 e. The number of rotatable bonds is 2. The van der Waals surface area contributed by atoms with Gasteiger partial charge in [0, 0.05) is 12.5 Å². The van der Waals surface area contributed by atoms with Crippen LogP contribution in [0.25, 0.3) is 5.69 Å². The lowest BCUT2D eigenvalue weighted by molar-refractivity contribution is 0.602. The summed E-state index contributed by atoms with van der Waals surface area (Å²) in [6.45, 7) is 0. The van der Waals surface area contributed by atoms with E-state index in [0.29, 0.717) is 5.69 Å². The molecule has 1 heterocycles. The van der Waals surface area contributed by atoms with Gasteiger partial charge in [0.15, 0.2) is 9.84 Å². The molecule has 0 fully saturated rings. The van der Waals surface area contributed by atoms with Gasteiger partial charge in [0.05, 0.1) is 26.0 Å². The Morgan fingerprint density at radius 3 is 2.65 bits per heavy atom. The Hall–Kier alpha value is -1.09. The van der Waals surface area contributed by atoms with E-state index in [1.807, 2.05) is 0 Å². The fourth-order valence-corrected chi connectivity index (χ4v) is 2.71. The lowest BCUT2D eigenvalue weighted by atomic mass is 10.3. The number of nitrogens with two attached hydrogens (primary N) is 1. The van der Waals surface area contributed by atoms with Crippen molar-refractivity contribution in [2.24, 2.45) is 0 Å². The summed E-state index contributed by atoms with van der Waals surface area (Å²) in [7, 11) is -3.33. The quantitative estimate of drug-likeness (QED) is 0.648. The van der Waals surface area contributed by atoms with Crippen LogP contribution in [0.1, 0.15) is 0 Å². The third-order valence-corrected chi connectivity index (χ3v) is 3.95. The topological polar surface area (TPSA) is 78.0 Å². The normalized spacial score (nSPS) is 11.6. The highest BCUT2D eigenvalue weighted by atomic mass is 127. The molecule has 1 aromatic carbocycles. The van der Waals surface area contributed by atoms with Crippen LogP contribution < -0.4 is 5.73 Å². The van der Waals surface area contributed by atoms with E-state index in [-0.39, 0.29) is 10.6 Å². The molecule has 0 atom stereocenters. The van der Waals surface area contributed by atoms with Crippen molar-refractivity contribution in [3.05, 3.63) is 34.2 Å². The van der Waals surface area contributed by atoms with Crippen molar-refractivity contribution in [3.63, 3.8) is 0 Å². The number of nitrogens with zero attached hydrogens (tertiary/aromatic N) is 2. The molecule has 2 N–H and O–H groups in total. The molecule has 0 saturated heterocycles. The predicted octanol–water partition coefficient (Wildman–Crippen LogP) is 1.46. The van der Waals surface area contributed by atoms with E-state index in [9.17, 15) is 8.42 Å². The van der Waals surface area contributed by atoms with Gasteiger partial charge >= 0.3 is 0 Å². The van der Waals surface area contributed by atoms with Crippen molar-refractivity contribution in [2.45, 2.75) is 4.90 Å².